The molecule has 0 amide bonds. The van der Waals surface area contributed by atoms with E-state index < -0.39 is 0 Å². The largest absolute Gasteiger partial charge is 0.294 e. The molecule has 0 fully saturated rings. The molecule has 0 heterocycles. The molecule has 82 valence electrons. The molecule has 1 aromatic carbocycles. The molecule has 1 aliphatic rings. The highest BCUT2D eigenvalue weighted by Gasteiger charge is 2.16. The van der Waals surface area contributed by atoms with Crippen LogP contribution in [0.3, 0.4) is 0 Å². The Kier molecular flexibility index (Phi) is 2.78. The second-order valence-corrected chi connectivity index (χ2v) is 4.41. The van der Waals surface area contributed by atoms with E-state index >= 15 is 0 Å². The second kappa shape index (κ2) is 4.09. The third-order valence-corrected chi connectivity index (χ3v) is 2.95. The minimum Gasteiger partial charge on any atom is -0.294 e. The van der Waals surface area contributed by atoms with Crippen LogP contribution in [-0.4, -0.2) is 5.78 Å². The van der Waals surface area contributed by atoms with Crippen LogP contribution in [-0.2, 0) is 4.79 Å². The molecule has 0 aliphatic heterocycles. The molecule has 0 N–H and O–H groups in total. The number of hydrogen-bond donors (Lipinski definition) is 0. The first kappa shape index (κ1) is 10.9. The van der Waals surface area contributed by atoms with E-state index in [1.165, 1.54) is 16.7 Å². The average Bonchev–Trinajstić information content (AvgIpc) is 2.19. The van der Waals surface area contributed by atoms with E-state index in [9.17, 15) is 4.79 Å². The highest BCUT2D eigenvalue weighted by Crippen LogP contribution is 2.27. The summed E-state index contributed by atoms with van der Waals surface area (Å²) in [5, 5.41) is 0. The zero-order valence-corrected chi connectivity index (χ0v) is 10.0. The molecule has 16 heavy (non-hydrogen) atoms. The maximum Gasteiger partial charge on any atom is 0.167 e. The van der Waals surface area contributed by atoms with Gasteiger partial charge in [0.2, 0.25) is 0 Å². The fraction of sp³-hybridized carbons (Fsp3) is 0.267. The summed E-state index contributed by atoms with van der Waals surface area (Å²) in [6, 6.07) is 4.27. The Hall–Kier alpha value is -1.63. The molecular formula is C15H16O. The number of carbonyl (C=O) groups excluding carboxylic acids is 1. The first-order valence-electron chi connectivity index (χ1n) is 5.58. The summed E-state index contributed by atoms with van der Waals surface area (Å²) in [6.07, 6.45) is 6.33. The van der Waals surface area contributed by atoms with Crippen molar-refractivity contribution in [1.29, 1.82) is 0 Å². The number of hydrogen-bond acceptors (Lipinski definition) is 1. The molecule has 0 saturated heterocycles. The lowest BCUT2D eigenvalue weighted by Gasteiger charge is -2.15. The zero-order valence-electron chi connectivity index (χ0n) is 10.0. The van der Waals surface area contributed by atoms with Crippen molar-refractivity contribution in [3.8, 4) is 0 Å². The smallest absolute Gasteiger partial charge is 0.167 e. The van der Waals surface area contributed by atoms with Crippen LogP contribution in [0.25, 0.3) is 5.57 Å². The van der Waals surface area contributed by atoms with Gasteiger partial charge in [0, 0.05) is 12.0 Å². The molecule has 2 rings (SSSR count). The molecule has 0 unspecified atom stereocenters. The van der Waals surface area contributed by atoms with Gasteiger partial charge in [0.15, 0.2) is 5.78 Å². The molecule has 1 aromatic rings. The average molecular weight is 212 g/mol. The van der Waals surface area contributed by atoms with Gasteiger partial charge in [0.25, 0.3) is 0 Å². The highest BCUT2D eigenvalue weighted by atomic mass is 16.1. The maximum atomic E-state index is 11.9. The van der Waals surface area contributed by atoms with Crippen molar-refractivity contribution in [3.05, 3.63) is 52.6 Å². The molecule has 1 nitrogen and oxygen atoms in total. The molecule has 1 heteroatoms. The Morgan fingerprint density at radius 2 is 1.69 bits per heavy atom. The molecular weight excluding hydrogens is 196 g/mol. The topological polar surface area (TPSA) is 17.1 Å². The van der Waals surface area contributed by atoms with Gasteiger partial charge in [-0.15, -0.1) is 0 Å². The van der Waals surface area contributed by atoms with Crippen molar-refractivity contribution >= 4 is 11.4 Å². The van der Waals surface area contributed by atoms with Crippen molar-refractivity contribution in [2.45, 2.75) is 27.2 Å². The number of Topliss-reactive ketones (excluding diaryl/α,β-unsaturated/α-hetero) is 1. The zero-order chi connectivity index (χ0) is 11.7. The van der Waals surface area contributed by atoms with E-state index in [0.717, 1.165) is 11.1 Å². The van der Waals surface area contributed by atoms with Crippen molar-refractivity contribution in [2.75, 3.05) is 0 Å². The predicted octanol–water partition coefficient (Wildman–Crippen LogP) is 3.52. The number of rotatable bonds is 1. The summed E-state index contributed by atoms with van der Waals surface area (Å²) in [4.78, 5) is 11.9. The Bertz CT molecular complexity index is 481. The minimum absolute atomic E-state index is 0.220. The lowest BCUT2D eigenvalue weighted by molar-refractivity contribution is -0.113. The van der Waals surface area contributed by atoms with E-state index in [-0.39, 0.29) is 5.78 Å². The lowest BCUT2D eigenvalue weighted by Crippen LogP contribution is -2.06. The summed E-state index contributed by atoms with van der Waals surface area (Å²) >= 11 is 0. The fourth-order valence-electron chi connectivity index (χ4n) is 2.37. The summed E-state index contributed by atoms with van der Waals surface area (Å²) in [6.45, 7) is 6.23. The van der Waals surface area contributed by atoms with Crippen LogP contribution >= 0.6 is 0 Å². The quantitative estimate of drug-likeness (QED) is 0.696. The molecule has 0 saturated carbocycles. The van der Waals surface area contributed by atoms with Gasteiger partial charge in [-0.3, -0.25) is 4.79 Å². The van der Waals surface area contributed by atoms with Gasteiger partial charge in [-0.25, -0.2) is 0 Å². The summed E-state index contributed by atoms with van der Waals surface area (Å²) in [5.74, 6) is 0.220. The Labute approximate surface area is 96.5 Å². The Balaban J connectivity index is 2.60. The van der Waals surface area contributed by atoms with Crippen LogP contribution in [0, 0.1) is 20.8 Å². The summed E-state index contributed by atoms with van der Waals surface area (Å²) in [5.41, 5.74) is 5.59. The van der Waals surface area contributed by atoms with Crippen molar-refractivity contribution in [3.63, 3.8) is 0 Å². The first-order chi connectivity index (χ1) is 7.59. The number of aryl methyl sites for hydroxylation is 3. The van der Waals surface area contributed by atoms with Crippen LogP contribution < -0.4 is 0 Å². The van der Waals surface area contributed by atoms with Gasteiger partial charge in [0.05, 0.1) is 0 Å². The molecule has 0 spiro atoms. The normalized spacial score (nSPS) is 15.2. The number of allylic oxidation sites excluding steroid dienone is 4. The Morgan fingerprint density at radius 3 is 2.25 bits per heavy atom. The van der Waals surface area contributed by atoms with Crippen molar-refractivity contribution < 1.29 is 4.79 Å². The third-order valence-electron chi connectivity index (χ3n) is 2.95. The lowest BCUT2D eigenvalue weighted by atomic mass is 9.89. The van der Waals surface area contributed by atoms with Crippen molar-refractivity contribution in [2.24, 2.45) is 0 Å². The van der Waals surface area contributed by atoms with E-state index in [1.54, 1.807) is 0 Å². The second-order valence-electron chi connectivity index (χ2n) is 4.41. The highest BCUT2D eigenvalue weighted by molar-refractivity contribution is 6.23. The van der Waals surface area contributed by atoms with Crippen LogP contribution in [0.2, 0.25) is 0 Å². The molecule has 0 atom stereocenters. The predicted molar refractivity (Wildman–Crippen MR) is 67.4 cm³/mol. The van der Waals surface area contributed by atoms with E-state index in [4.69, 9.17) is 0 Å². The monoisotopic (exact) mass is 212 g/mol. The van der Waals surface area contributed by atoms with Gasteiger partial charge in [-0.1, -0.05) is 35.9 Å². The summed E-state index contributed by atoms with van der Waals surface area (Å²) < 4.78 is 0. The SMILES string of the molecule is Cc1cc(C)c(C2=CC=CCC2=O)c(C)c1. The number of carbonyl (C=O) groups is 1. The maximum absolute atomic E-state index is 11.9. The molecule has 0 bridgehead atoms. The van der Waals surface area contributed by atoms with Gasteiger partial charge in [0.1, 0.15) is 0 Å². The van der Waals surface area contributed by atoms with Crippen LogP contribution in [0.15, 0.2) is 30.4 Å². The van der Waals surface area contributed by atoms with E-state index in [2.05, 4.69) is 32.9 Å². The number of ketones is 1. The molecule has 1 aliphatic carbocycles. The third kappa shape index (κ3) is 1.85. The standard InChI is InChI=1S/C15H16O/c1-10-8-11(2)15(12(3)9-10)13-6-4-5-7-14(13)16/h4-6,8-9H,7H2,1-3H3. The van der Waals surface area contributed by atoms with Crippen LogP contribution in [0.5, 0.6) is 0 Å². The van der Waals surface area contributed by atoms with Gasteiger partial charge in [-0.05, 0) is 37.5 Å². The number of benzene rings is 1. The Morgan fingerprint density at radius 1 is 1.06 bits per heavy atom. The minimum atomic E-state index is 0.220. The van der Waals surface area contributed by atoms with E-state index in [0.29, 0.717) is 6.42 Å². The van der Waals surface area contributed by atoms with Gasteiger partial charge < -0.3 is 0 Å². The van der Waals surface area contributed by atoms with Crippen molar-refractivity contribution in [1.82, 2.24) is 0 Å². The van der Waals surface area contributed by atoms with Gasteiger partial charge in [-0.2, -0.15) is 0 Å². The molecule has 0 radical (unpaired) electrons. The fourth-order valence-corrected chi connectivity index (χ4v) is 2.37. The first-order valence-corrected chi connectivity index (χ1v) is 5.58. The van der Waals surface area contributed by atoms with Gasteiger partial charge >= 0.3 is 0 Å². The van der Waals surface area contributed by atoms with Crippen LogP contribution in [0.4, 0.5) is 0 Å². The van der Waals surface area contributed by atoms with Crippen LogP contribution in [0.1, 0.15) is 28.7 Å². The van der Waals surface area contributed by atoms with E-state index in [1.807, 2.05) is 18.2 Å². The molecule has 0 aromatic heterocycles. The summed E-state index contributed by atoms with van der Waals surface area (Å²) in [7, 11) is 0.